The van der Waals surface area contributed by atoms with Crippen molar-refractivity contribution in [2.75, 3.05) is 6.54 Å². The summed E-state index contributed by atoms with van der Waals surface area (Å²) in [6.45, 7) is 3.18. The van der Waals surface area contributed by atoms with Gasteiger partial charge in [-0.1, -0.05) is 0 Å². The van der Waals surface area contributed by atoms with Gasteiger partial charge in [-0.25, -0.2) is 0 Å². The van der Waals surface area contributed by atoms with Crippen molar-refractivity contribution >= 4 is 0 Å². The quantitative estimate of drug-likeness (QED) is 0.773. The molecule has 1 aliphatic rings. The van der Waals surface area contributed by atoms with Crippen molar-refractivity contribution in [2.45, 2.75) is 38.3 Å². The first kappa shape index (κ1) is 10.7. The van der Waals surface area contributed by atoms with E-state index in [4.69, 9.17) is 9.52 Å². The average Bonchev–Trinajstić information content (AvgIpc) is 2.63. The molecule has 1 aromatic heterocycles. The fraction of sp³-hybridized carbons (Fsp3) is 0.667. The molecule has 1 fully saturated rings. The zero-order chi connectivity index (χ0) is 10.7. The molecule has 0 radical (unpaired) electrons. The topological polar surface area (TPSA) is 45.4 Å². The predicted molar refractivity (Wildman–Crippen MR) is 58.6 cm³/mol. The van der Waals surface area contributed by atoms with Gasteiger partial charge in [0.2, 0.25) is 0 Å². The second-order valence-corrected chi connectivity index (χ2v) is 4.58. The first-order valence-corrected chi connectivity index (χ1v) is 5.68. The van der Waals surface area contributed by atoms with E-state index < -0.39 is 0 Å². The number of aliphatic hydroxyl groups excluding tert-OH is 1. The van der Waals surface area contributed by atoms with E-state index in [9.17, 15) is 0 Å². The Morgan fingerprint density at radius 2 is 2.40 bits per heavy atom. The van der Waals surface area contributed by atoms with Crippen LogP contribution in [-0.2, 0) is 6.42 Å². The van der Waals surface area contributed by atoms with Crippen LogP contribution >= 0.6 is 0 Å². The maximum atomic E-state index is 9.15. The molecule has 3 heteroatoms. The Morgan fingerprint density at radius 1 is 1.60 bits per heavy atom. The number of furan rings is 1. The molecule has 0 aliphatic heterocycles. The number of rotatable bonds is 5. The van der Waals surface area contributed by atoms with Gasteiger partial charge in [0.05, 0.1) is 12.4 Å². The molecule has 1 heterocycles. The van der Waals surface area contributed by atoms with Gasteiger partial charge < -0.3 is 14.8 Å². The van der Waals surface area contributed by atoms with Crippen molar-refractivity contribution < 1.29 is 9.52 Å². The zero-order valence-electron chi connectivity index (χ0n) is 9.15. The van der Waals surface area contributed by atoms with Gasteiger partial charge in [-0.15, -0.1) is 0 Å². The molecule has 1 aromatic rings. The molecule has 1 aliphatic carbocycles. The predicted octanol–water partition coefficient (Wildman–Crippen LogP) is 1.57. The maximum Gasteiger partial charge on any atom is 0.105 e. The van der Waals surface area contributed by atoms with E-state index in [1.807, 2.05) is 12.1 Å². The van der Waals surface area contributed by atoms with Gasteiger partial charge in [-0.05, 0) is 44.4 Å². The third-order valence-corrected chi connectivity index (χ3v) is 3.05. The van der Waals surface area contributed by atoms with Crippen LogP contribution in [0.3, 0.4) is 0 Å². The molecular formula is C12H19NO2. The maximum absolute atomic E-state index is 9.15. The highest BCUT2D eigenvalue weighted by Crippen LogP contribution is 2.26. The highest BCUT2D eigenvalue weighted by Gasteiger charge is 2.26. The van der Waals surface area contributed by atoms with Gasteiger partial charge in [0, 0.05) is 12.5 Å². The molecule has 1 unspecified atom stereocenters. The van der Waals surface area contributed by atoms with Gasteiger partial charge in [-0.3, -0.25) is 0 Å². The van der Waals surface area contributed by atoms with Crippen molar-refractivity contribution in [3.63, 3.8) is 0 Å². The van der Waals surface area contributed by atoms with Crippen molar-refractivity contribution in [1.29, 1.82) is 0 Å². The minimum Gasteiger partial charge on any atom is -0.469 e. The largest absolute Gasteiger partial charge is 0.469 e. The minimum atomic E-state index is -0.0443. The van der Waals surface area contributed by atoms with Gasteiger partial charge in [0.25, 0.3) is 0 Å². The molecule has 15 heavy (non-hydrogen) atoms. The molecule has 2 N–H and O–H groups in total. The number of hydrogen-bond donors (Lipinski definition) is 2. The molecule has 0 bridgehead atoms. The minimum absolute atomic E-state index is 0.0443. The zero-order valence-corrected chi connectivity index (χ0v) is 9.15. The van der Waals surface area contributed by atoms with Crippen molar-refractivity contribution in [3.8, 4) is 0 Å². The van der Waals surface area contributed by atoms with E-state index in [1.165, 1.54) is 0 Å². The summed E-state index contributed by atoms with van der Waals surface area (Å²) in [5.41, 5.74) is 0. The number of nitrogens with one attached hydrogen (secondary N) is 1. The van der Waals surface area contributed by atoms with E-state index in [0.29, 0.717) is 12.0 Å². The van der Waals surface area contributed by atoms with Crippen molar-refractivity contribution in [1.82, 2.24) is 5.32 Å². The highest BCUT2D eigenvalue weighted by atomic mass is 16.3. The summed E-state index contributed by atoms with van der Waals surface area (Å²) < 4.78 is 5.29. The van der Waals surface area contributed by atoms with Crippen LogP contribution in [0.2, 0.25) is 0 Å². The normalized spacial score (nSPS) is 27.3. The Morgan fingerprint density at radius 3 is 3.00 bits per heavy atom. The van der Waals surface area contributed by atoms with Crippen LogP contribution in [0.25, 0.3) is 0 Å². The Kier molecular flexibility index (Phi) is 3.44. The molecule has 3 nitrogen and oxygen atoms in total. The number of hydrogen-bond acceptors (Lipinski definition) is 3. The molecule has 0 aromatic carbocycles. The van der Waals surface area contributed by atoms with Gasteiger partial charge in [-0.2, -0.15) is 0 Å². The lowest BCUT2D eigenvalue weighted by Gasteiger charge is -2.32. The Bertz CT molecular complexity index is 278. The average molecular weight is 209 g/mol. The number of aliphatic hydroxyl groups is 1. The molecule has 84 valence electrons. The SMILES string of the molecule is CC(Cc1ccco1)NCC1CC(O)C1. The van der Waals surface area contributed by atoms with Gasteiger partial charge >= 0.3 is 0 Å². The fourth-order valence-corrected chi connectivity index (χ4v) is 2.04. The second kappa shape index (κ2) is 4.81. The summed E-state index contributed by atoms with van der Waals surface area (Å²) in [6.07, 6.45) is 4.52. The van der Waals surface area contributed by atoms with Crippen LogP contribution in [-0.4, -0.2) is 23.8 Å². The molecule has 1 atom stereocenters. The molecule has 0 saturated heterocycles. The molecular weight excluding hydrogens is 190 g/mol. The summed E-state index contributed by atoms with van der Waals surface area (Å²) in [5.74, 6) is 1.70. The third-order valence-electron chi connectivity index (χ3n) is 3.05. The fourth-order valence-electron chi connectivity index (χ4n) is 2.04. The molecule has 0 amide bonds. The first-order chi connectivity index (χ1) is 7.24. The lowest BCUT2D eigenvalue weighted by Crippen LogP contribution is -2.39. The van der Waals surface area contributed by atoms with E-state index in [-0.39, 0.29) is 6.10 Å². The van der Waals surface area contributed by atoms with Crippen LogP contribution in [0.4, 0.5) is 0 Å². The Hall–Kier alpha value is -0.800. The highest BCUT2D eigenvalue weighted by molar-refractivity contribution is 5.00. The molecule has 2 rings (SSSR count). The summed E-state index contributed by atoms with van der Waals surface area (Å²) >= 11 is 0. The Balaban J connectivity index is 1.62. The van der Waals surface area contributed by atoms with Gasteiger partial charge in [0.1, 0.15) is 5.76 Å². The first-order valence-electron chi connectivity index (χ1n) is 5.68. The second-order valence-electron chi connectivity index (χ2n) is 4.58. The molecule has 1 saturated carbocycles. The summed E-state index contributed by atoms with van der Waals surface area (Å²) in [7, 11) is 0. The Labute approximate surface area is 90.5 Å². The van der Waals surface area contributed by atoms with E-state index in [1.54, 1.807) is 6.26 Å². The lowest BCUT2D eigenvalue weighted by molar-refractivity contribution is 0.0420. The van der Waals surface area contributed by atoms with Crippen LogP contribution in [0.1, 0.15) is 25.5 Å². The van der Waals surface area contributed by atoms with Crippen LogP contribution in [0.15, 0.2) is 22.8 Å². The van der Waals surface area contributed by atoms with Crippen molar-refractivity contribution in [2.24, 2.45) is 5.92 Å². The van der Waals surface area contributed by atoms with Crippen LogP contribution < -0.4 is 5.32 Å². The third kappa shape index (κ3) is 3.08. The smallest absolute Gasteiger partial charge is 0.105 e. The van der Waals surface area contributed by atoms with Crippen LogP contribution in [0, 0.1) is 5.92 Å². The monoisotopic (exact) mass is 209 g/mol. The van der Waals surface area contributed by atoms with Crippen LogP contribution in [0.5, 0.6) is 0 Å². The van der Waals surface area contributed by atoms with Gasteiger partial charge in [0.15, 0.2) is 0 Å². The van der Waals surface area contributed by atoms with Crippen molar-refractivity contribution in [3.05, 3.63) is 24.2 Å². The summed E-state index contributed by atoms with van der Waals surface area (Å²) in [5, 5.41) is 12.6. The van der Waals surface area contributed by atoms with E-state index in [0.717, 1.165) is 31.6 Å². The standard InChI is InChI=1S/C12H19NO2/c1-9(5-12-3-2-4-15-12)13-8-10-6-11(14)7-10/h2-4,9-11,13-14H,5-8H2,1H3. The lowest BCUT2D eigenvalue weighted by atomic mass is 9.82. The summed E-state index contributed by atoms with van der Waals surface area (Å²) in [4.78, 5) is 0. The molecule has 0 spiro atoms. The van der Waals surface area contributed by atoms with E-state index >= 15 is 0 Å². The summed E-state index contributed by atoms with van der Waals surface area (Å²) in [6, 6.07) is 4.37. The van der Waals surface area contributed by atoms with E-state index in [2.05, 4.69) is 12.2 Å².